The fourth-order valence-electron chi connectivity index (χ4n) is 1.85. The van der Waals surface area contributed by atoms with Crippen LogP contribution in [0, 0.1) is 0 Å². The van der Waals surface area contributed by atoms with Gasteiger partial charge in [0.1, 0.15) is 0 Å². The molecule has 0 atom stereocenters. The first-order chi connectivity index (χ1) is 9.63. The van der Waals surface area contributed by atoms with Crippen molar-refractivity contribution in [1.29, 1.82) is 0 Å². The molecule has 0 N–H and O–H groups in total. The second-order valence-corrected chi connectivity index (χ2v) is 4.48. The minimum absolute atomic E-state index is 0.280. The molecule has 0 radical (unpaired) electrons. The highest BCUT2D eigenvalue weighted by Crippen LogP contribution is 2.19. The number of allylic oxidation sites excluding steroid dienone is 1. The lowest BCUT2D eigenvalue weighted by Crippen LogP contribution is -2.06. The summed E-state index contributed by atoms with van der Waals surface area (Å²) >= 11 is 0. The van der Waals surface area contributed by atoms with Crippen molar-refractivity contribution in [1.82, 2.24) is 9.78 Å². The van der Waals surface area contributed by atoms with E-state index < -0.39 is 0 Å². The van der Waals surface area contributed by atoms with Crippen molar-refractivity contribution in [3.63, 3.8) is 0 Å². The van der Waals surface area contributed by atoms with E-state index in [1.807, 2.05) is 43.5 Å². The van der Waals surface area contributed by atoms with Crippen LogP contribution in [0.5, 0.6) is 0 Å². The van der Waals surface area contributed by atoms with Crippen molar-refractivity contribution < 1.29 is 9.53 Å². The number of carbonyl (C=O) groups is 1. The Hall–Kier alpha value is -2.36. The largest absolute Gasteiger partial charge is 0.463 e. The van der Waals surface area contributed by atoms with Crippen molar-refractivity contribution in [2.75, 3.05) is 6.61 Å². The van der Waals surface area contributed by atoms with Gasteiger partial charge < -0.3 is 4.74 Å². The molecule has 20 heavy (non-hydrogen) atoms. The molecule has 0 saturated carbocycles. The van der Waals surface area contributed by atoms with Crippen molar-refractivity contribution in [2.45, 2.75) is 20.8 Å². The molecule has 0 amide bonds. The van der Waals surface area contributed by atoms with Gasteiger partial charge in [-0.2, -0.15) is 5.10 Å². The van der Waals surface area contributed by atoms with E-state index in [2.05, 4.69) is 5.10 Å². The summed E-state index contributed by atoms with van der Waals surface area (Å²) in [6.07, 6.45) is 3.67. The second-order valence-electron chi connectivity index (χ2n) is 4.48. The summed E-state index contributed by atoms with van der Waals surface area (Å²) in [5, 5.41) is 4.33. The van der Waals surface area contributed by atoms with Crippen molar-refractivity contribution in [3.05, 3.63) is 53.9 Å². The van der Waals surface area contributed by atoms with Crippen LogP contribution in [0.15, 0.2) is 48.3 Å². The summed E-state index contributed by atoms with van der Waals surface area (Å²) in [7, 11) is 0. The zero-order chi connectivity index (χ0) is 14.5. The molecule has 0 saturated heterocycles. The fourth-order valence-corrected chi connectivity index (χ4v) is 1.85. The van der Waals surface area contributed by atoms with Crippen molar-refractivity contribution in [2.24, 2.45) is 0 Å². The number of esters is 1. The molecule has 104 valence electrons. The minimum Gasteiger partial charge on any atom is -0.463 e. The standard InChI is InChI=1S/C16H18N2O2/c1-4-20-16(19)13(3)12(2)14-10-17-18(11-14)15-8-6-5-7-9-15/h5-11H,4H2,1-3H3/b13-12-. The van der Waals surface area contributed by atoms with E-state index in [1.54, 1.807) is 24.7 Å². The molecule has 1 aromatic heterocycles. The molecule has 0 aliphatic rings. The molecule has 2 rings (SSSR count). The van der Waals surface area contributed by atoms with E-state index in [0.717, 1.165) is 16.8 Å². The number of carbonyl (C=O) groups excluding carboxylic acids is 1. The SMILES string of the molecule is CCOC(=O)/C(C)=C(/C)c1cnn(-c2ccccc2)c1. The molecule has 1 aromatic carbocycles. The molecule has 4 nitrogen and oxygen atoms in total. The number of nitrogens with zero attached hydrogens (tertiary/aromatic N) is 2. The Morgan fingerprint density at radius 2 is 1.95 bits per heavy atom. The van der Waals surface area contributed by atoms with Gasteiger partial charge in [0.05, 0.1) is 18.5 Å². The molecule has 1 heterocycles. The van der Waals surface area contributed by atoms with Gasteiger partial charge in [-0.05, 0) is 38.5 Å². The Morgan fingerprint density at radius 1 is 1.25 bits per heavy atom. The van der Waals surface area contributed by atoms with Gasteiger partial charge in [-0.25, -0.2) is 9.48 Å². The monoisotopic (exact) mass is 270 g/mol. The predicted octanol–water partition coefficient (Wildman–Crippen LogP) is 3.23. The average molecular weight is 270 g/mol. The maximum absolute atomic E-state index is 11.7. The third kappa shape index (κ3) is 2.96. The lowest BCUT2D eigenvalue weighted by atomic mass is 10.1. The van der Waals surface area contributed by atoms with Gasteiger partial charge in [0.25, 0.3) is 0 Å². The zero-order valence-corrected chi connectivity index (χ0v) is 12.0. The molecule has 0 aliphatic carbocycles. The topological polar surface area (TPSA) is 44.1 Å². The van der Waals surface area contributed by atoms with Crippen LogP contribution in [0.2, 0.25) is 0 Å². The number of aromatic nitrogens is 2. The van der Waals surface area contributed by atoms with Gasteiger partial charge >= 0.3 is 5.97 Å². The smallest absolute Gasteiger partial charge is 0.333 e. The lowest BCUT2D eigenvalue weighted by molar-refractivity contribution is -0.138. The molecule has 0 bridgehead atoms. The van der Waals surface area contributed by atoms with Crippen molar-refractivity contribution >= 4 is 11.5 Å². The first kappa shape index (κ1) is 14.1. The first-order valence-corrected chi connectivity index (χ1v) is 6.58. The highest BCUT2D eigenvalue weighted by Gasteiger charge is 2.11. The summed E-state index contributed by atoms with van der Waals surface area (Å²) in [6, 6.07) is 9.85. The zero-order valence-electron chi connectivity index (χ0n) is 12.0. The van der Waals surface area contributed by atoms with E-state index >= 15 is 0 Å². The number of rotatable bonds is 4. The van der Waals surface area contributed by atoms with Crippen LogP contribution in [0.4, 0.5) is 0 Å². The molecule has 0 aliphatic heterocycles. The van der Waals surface area contributed by atoms with Gasteiger partial charge in [0.15, 0.2) is 0 Å². The summed E-state index contributed by atoms with van der Waals surface area (Å²) < 4.78 is 6.80. The Morgan fingerprint density at radius 3 is 2.60 bits per heavy atom. The van der Waals surface area contributed by atoms with E-state index in [1.165, 1.54) is 0 Å². The van der Waals surface area contributed by atoms with Gasteiger partial charge in [0, 0.05) is 17.3 Å². The Balaban J connectivity index is 2.29. The number of hydrogen-bond donors (Lipinski definition) is 0. The Labute approximate surface area is 118 Å². The van der Waals surface area contributed by atoms with Gasteiger partial charge in [-0.15, -0.1) is 0 Å². The summed E-state index contributed by atoms with van der Waals surface area (Å²) in [5.74, 6) is -0.280. The number of benzene rings is 1. The van der Waals surface area contributed by atoms with E-state index in [0.29, 0.717) is 12.2 Å². The van der Waals surface area contributed by atoms with Crippen molar-refractivity contribution in [3.8, 4) is 5.69 Å². The maximum Gasteiger partial charge on any atom is 0.333 e. The van der Waals surface area contributed by atoms with Crippen LogP contribution in [-0.2, 0) is 9.53 Å². The van der Waals surface area contributed by atoms with Gasteiger partial charge in [-0.1, -0.05) is 18.2 Å². The fraction of sp³-hybridized carbons (Fsp3) is 0.250. The second kappa shape index (κ2) is 6.19. The first-order valence-electron chi connectivity index (χ1n) is 6.58. The molecule has 2 aromatic rings. The lowest BCUT2D eigenvalue weighted by Gasteiger charge is -2.05. The predicted molar refractivity (Wildman–Crippen MR) is 78.5 cm³/mol. The number of para-hydroxylation sites is 1. The summed E-state index contributed by atoms with van der Waals surface area (Å²) in [5.41, 5.74) is 3.39. The van der Waals surface area contributed by atoms with Gasteiger partial charge in [-0.3, -0.25) is 0 Å². The number of hydrogen-bond acceptors (Lipinski definition) is 3. The average Bonchev–Trinajstić information content (AvgIpc) is 2.96. The van der Waals surface area contributed by atoms with Crippen LogP contribution in [-0.4, -0.2) is 22.4 Å². The van der Waals surface area contributed by atoms with E-state index in [-0.39, 0.29) is 5.97 Å². The third-order valence-electron chi connectivity index (χ3n) is 3.18. The van der Waals surface area contributed by atoms with E-state index in [4.69, 9.17) is 4.74 Å². The number of ether oxygens (including phenoxy) is 1. The Bertz CT molecular complexity index is 627. The van der Waals surface area contributed by atoms with Crippen LogP contribution >= 0.6 is 0 Å². The normalized spacial score (nSPS) is 11.9. The molecular formula is C16H18N2O2. The van der Waals surface area contributed by atoms with Crippen LogP contribution < -0.4 is 0 Å². The molecular weight excluding hydrogens is 252 g/mol. The van der Waals surface area contributed by atoms with Crippen LogP contribution in [0.3, 0.4) is 0 Å². The Kier molecular flexibility index (Phi) is 4.35. The highest BCUT2D eigenvalue weighted by atomic mass is 16.5. The van der Waals surface area contributed by atoms with Crippen LogP contribution in [0.25, 0.3) is 11.3 Å². The van der Waals surface area contributed by atoms with E-state index in [9.17, 15) is 4.79 Å². The molecule has 4 heteroatoms. The third-order valence-corrected chi connectivity index (χ3v) is 3.18. The quantitative estimate of drug-likeness (QED) is 0.633. The summed E-state index contributed by atoms with van der Waals surface area (Å²) in [4.78, 5) is 11.7. The highest BCUT2D eigenvalue weighted by molar-refractivity contribution is 5.96. The van der Waals surface area contributed by atoms with Gasteiger partial charge in [0.2, 0.25) is 0 Å². The van der Waals surface area contributed by atoms with Crippen LogP contribution in [0.1, 0.15) is 26.3 Å². The molecule has 0 unspecified atom stereocenters. The molecule has 0 spiro atoms. The summed E-state index contributed by atoms with van der Waals surface area (Å²) in [6.45, 7) is 5.85. The minimum atomic E-state index is -0.280. The molecule has 0 fully saturated rings. The maximum atomic E-state index is 11.7.